The van der Waals surface area contributed by atoms with Gasteiger partial charge in [-0.3, -0.25) is 9.69 Å². The molecule has 12 heavy (non-hydrogen) atoms. The van der Waals surface area contributed by atoms with Crippen LogP contribution in [-0.2, 0) is 9.53 Å². The van der Waals surface area contributed by atoms with E-state index < -0.39 is 11.6 Å². The molecular weight excluding hydrogens is 160 g/mol. The Kier molecular flexibility index (Phi) is 2.06. The zero-order valence-corrected chi connectivity index (χ0v) is 7.16. The maximum absolute atomic E-state index is 11.0. The summed E-state index contributed by atoms with van der Waals surface area (Å²) < 4.78 is 5.16. The van der Waals surface area contributed by atoms with Crippen LogP contribution in [0.15, 0.2) is 0 Å². The monoisotopic (exact) mass is 172 g/mol. The van der Waals surface area contributed by atoms with E-state index in [1.54, 1.807) is 13.8 Å². The minimum absolute atomic E-state index is 0.0735. The Morgan fingerprint density at radius 3 is 2.67 bits per heavy atom. The average molecular weight is 172 g/mol. The highest BCUT2D eigenvalue weighted by Gasteiger charge is 2.34. The van der Waals surface area contributed by atoms with Crippen LogP contribution in [0, 0.1) is 0 Å². The third-order valence-electron chi connectivity index (χ3n) is 1.69. The second-order valence-electron chi connectivity index (χ2n) is 3.37. The number of rotatable bonds is 0. The third kappa shape index (κ3) is 1.73. The molecule has 0 radical (unpaired) electrons. The van der Waals surface area contributed by atoms with Gasteiger partial charge in [-0.1, -0.05) is 0 Å². The van der Waals surface area contributed by atoms with E-state index in [1.807, 2.05) is 0 Å². The number of ether oxygens (including phenoxy) is 1. The summed E-state index contributed by atoms with van der Waals surface area (Å²) in [7, 11) is 0. The smallest absolute Gasteiger partial charge is 0.321 e. The first-order chi connectivity index (χ1) is 5.42. The maximum Gasteiger partial charge on any atom is 0.321 e. The fraction of sp³-hybridized carbons (Fsp3) is 0.714. The fourth-order valence-corrected chi connectivity index (χ4v) is 1.05. The number of morpholine rings is 1. The van der Waals surface area contributed by atoms with Gasteiger partial charge in [-0.2, -0.15) is 0 Å². The van der Waals surface area contributed by atoms with E-state index in [4.69, 9.17) is 10.5 Å². The first-order valence-corrected chi connectivity index (χ1v) is 3.66. The molecule has 5 nitrogen and oxygen atoms in total. The standard InChI is InChI=1S/C7H12N2O3/c1-7(2)4-9(6(8)11)5(10)3-12-7/h3-4H2,1-2H3,(H2,8,11). The number of carbonyl (C=O) groups is 2. The molecule has 0 aromatic carbocycles. The van der Waals surface area contributed by atoms with E-state index in [0.29, 0.717) is 0 Å². The van der Waals surface area contributed by atoms with Crippen molar-refractivity contribution in [3.05, 3.63) is 0 Å². The van der Waals surface area contributed by atoms with Gasteiger partial charge in [-0.05, 0) is 13.8 Å². The Morgan fingerprint density at radius 1 is 1.67 bits per heavy atom. The van der Waals surface area contributed by atoms with E-state index in [-0.39, 0.29) is 19.1 Å². The summed E-state index contributed by atoms with van der Waals surface area (Å²) >= 11 is 0. The molecule has 1 heterocycles. The van der Waals surface area contributed by atoms with Crippen molar-refractivity contribution in [2.75, 3.05) is 13.2 Å². The average Bonchev–Trinajstić information content (AvgIpc) is 1.94. The predicted molar refractivity (Wildman–Crippen MR) is 41.3 cm³/mol. The molecule has 0 aromatic heterocycles. The predicted octanol–water partition coefficient (Wildman–Crippen LogP) is -0.297. The van der Waals surface area contributed by atoms with Crippen LogP contribution in [-0.4, -0.2) is 35.6 Å². The Balaban J connectivity index is 2.72. The van der Waals surface area contributed by atoms with Crippen molar-refractivity contribution in [3.63, 3.8) is 0 Å². The molecule has 0 aromatic rings. The number of hydrogen-bond donors (Lipinski definition) is 1. The van der Waals surface area contributed by atoms with Crippen LogP contribution in [0.3, 0.4) is 0 Å². The van der Waals surface area contributed by atoms with Crippen LogP contribution in [0.5, 0.6) is 0 Å². The van der Waals surface area contributed by atoms with E-state index in [2.05, 4.69) is 0 Å². The number of primary amides is 1. The van der Waals surface area contributed by atoms with Crippen LogP contribution in [0.4, 0.5) is 4.79 Å². The van der Waals surface area contributed by atoms with E-state index in [9.17, 15) is 9.59 Å². The molecule has 1 aliphatic rings. The van der Waals surface area contributed by atoms with Gasteiger partial charge in [-0.25, -0.2) is 4.79 Å². The first-order valence-electron chi connectivity index (χ1n) is 3.66. The van der Waals surface area contributed by atoms with Crippen molar-refractivity contribution in [1.82, 2.24) is 4.90 Å². The molecule has 3 amide bonds. The first kappa shape index (κ1) is 8.99. The molecule has 1 fully saturated rings. The molecule has 0 bridgehead atoms. The molecule has 2 N–H and O–H groups in total. The molecule has 68 valence electrons. The van der Waals surface area contributed by atoms with Crippen molar-refractivity contribution in [1.29, 1.82) is 0 Å². The highest BCUT2D eigenvalue weighted by atomic mass is 16.5. The second-order valence-corrected chi connectivity index (χ2v) is 3.37. The zero-order chi connectivity index (χ0) is 9.35. The number of urea groups is 1. The molecule has 0 spiro atoms. The molecule has 0 aliphatic carbocycles. The summed E-state index contributed by atoms with van der Waals surface area (Å²) in [5.41, 5.74) is 4.51. The van der Waals surface area contributed by atoms with Gasteiger partial charge in [0, 0.05) is 0 Å². The second kappa shape index (κ2) is 2.75. The summed E-state index contributed by atoms with van der Waals surface area (Å²) in [5, 5.41) is 0. The highest BCUT2D eigenvalue weighted by molar-refractivity contribution is 5.94. The van der Waals surface area contributed by atoms with Crippen LogP contribution < -0.4 is 5.73 Å². The van der Waals surface area contributed by atoms with E-state index >= 15 is 0 Å². The topological polar surface area (TPSA) is 72.6 Å². The van der Waals surface area contributed by atoms with Crippen LogP contribution in [0.25, 0.3) is 0 Å². The molecule has 5 heteroatoms. The van der Waals surface area contributed by atoms with Crippen molar-refractivity contribution in [3.8, 4) is 0 Å². The van der Waals surface area contributed by atoms with Gasteiger partial charge in [0.25, 0.3) is 5.91 Å². The van der Waals surface area contributed by atoms with Crippen LogP contribution in [0.1, 0.15) is 13.8 Å². The molecular formula is C7H12N2O3. The third-order valence-corrected chi connectivity index (χ3v) is 1.69. The SMILES string of the molecule is CC1(C)CN(C(N)=O)C(=O)CO1. The summed E-state index contributed by atoms with van der Waals surface area (Å²) in [5.74, 6) is -0.373. The van der Waals surface area contributed by atoms with E-state index in [1.165, 1.54) is 0 Å². The molecule has 0 atom stereocenters. The maximum atomic E-state index is 11.0. The zero-order valence-electron chi connectivity index (χ0n) is 7.16. The van der Waals surface area contributed by atoms with Gasteiger partial charge in [-0.15, -0.1) is 0 Å². The lowest BCUT2D eigenvalue weighted by Gasteiger charge is -2.35. The fourth-order valence-electron chi connectivity index (χ4n) is 1.05. The van der Waals surface area contributed by atoms with Gasteiger partial charge in [0.1, 0.15) is 6.61 Å². The van der Waals surface area contributed by atoms with Crippen molar-refractivity contribution < 1.29 is 14.3 Å². The number of carbonyl (C=O) groups excluding carboxylic acids is 2. The Hall–Kier alpha value is -1.10. The minimum atomic E-state index is -0.712. The lowest BCUT2D eigenvalue weighted by Crippen LogP contribution is -2.55. The number of hydrogen-bond acceptors (Lipinski definition) is 3. The van der Waals surface area contributed by atoms with Crippen molar-refractivity contribution in [2.24, 2.45) is 5.73 Å². The van der Waals surface area contributed by atoms with Gasteiger partial charge in [0.15, 0.2) is 0 Å². The number of nitrogens with zero attached hydrogens (tertiary/aromatic N) is 1. The Labute approximate surface area is 70.5 Å². The summed E-state index contributed by atoms with van der Waals surface area (Å²) in [6.45, 7) is 3.75. The lowest BCUT2D eigenvalue weighted by molar-refractivity contribution is -0.152. The molecule has 1 aliphatic heterocycles. The van der Waals surface area contributed by atoms with Crippen LogP contribution >= 0.6 is 0 Å². The highest BCUT2D eigenvalue weighted by Crippen LogP contribution is 2.16. The van der Waals surface area contributed by atoms with Gasteiger partial charge < -0.3 is 10.5 Å². The molecule has 1 rings (SSSR count). The quantitative estimate of drug-likeness (QED) is 0.545. The molecule has 0 unspecified atom stereocenters. The van der Waals surface area contributed by atoms with Gasteiger partial charge >= 0.3 is 6.03 Å². The largest absolute Gasteiger partial charge is 0.364 e. The normalized spacial score (nSPS) is 22.5. The summed E-state index contributed by atoms with van der Waals surface area (Å²) in [6, 6.07) is -0.712. The molecule has 1 saturated heterocycles. The minimum Gasteiger partial charge on any atom is -0.364 e. The van der Waals surface area contributed by atoms with Crippen LogP contribution in [0.2, 0.25) is 0 Å². The Bertz CT molecular complexity index is 225. The molecule has 0 saturated carbocycles. The lowest BCUT2D eigenvalue weighted by atomic mass is 10.1. The summed E-state index contributed by atoms with van der Waals surface area (Å²) in [4.78, 5) is 22.8. The Morgan fingerprint density at radius 2 is 2.25 bits per heavy atom. The summed E-state index contributed by atoms with van der Waals surface area (Å²) in [6.07, 6.45) is 0. The van der Waals surface area contributed by atoms with Gasteiger partial charge in [0.05, 0.1) is 12.1 Å². The number of amides is 3. The number of nitrogens with two attached hydrogens (primary N) is 1. The van der Waals surface area contributed by atoms with Crippen molar-refractivity contribution >= 4 is 11.9 Å². The van der Waals surface area contributed by atoms with Crippen molar-refractivity contribution in [2.45, 2.75) is 19.4 Å². The number of imide groups is 1. The van der Waals surface area contributed by atoms with E-state index in [0.717, 1.165) is 4.90 Å². The van der Waals surface area contributed by atoms with Gasteiger partial charge in [0.2, 0.25) is 0 Å².